The number of carbonyl (C=O) groups is 1. The fourth-order valence-electron chi connectivity index (χ4n) is 2.59. The van der Waals surface area contributed by atoms with Gasteiger partial charge in [-0.15, -0.1) is 0 Å². The van der Waals surface area contributed by atoms with Gasteiger partial charge in [-0.2, -0.15) is 0 Å². The zero-order valence-corrected chi connectivity index (χ0v) is 14.0. The van der Waals surface area contributed by atoms with Gasteiger partial charge in [0.05, 0.1) is 23.6 Å². The van der Waals surface area contributed by atoms with Gasteiger partial charge in [0.1, 0.15) is 6.04 Å². The van der Waals surface area contributed by atoms with E-state index in [4.69, 9.17) is 17.0 Å². The zero-order chi connectivity index (χ0) is 16.9. The molecule has 0 fully saturated rings. The Hall–Kier alpha value is -2.73. The molecule has 0 saturated heterocycles. The van der Waals surface area contributed by atoms with E-state index < -0.39 is 12.0 Å². The van der Waals surface area contributed by atoms with Gasteiger partial charge in [-0.25, -0.2) is 4.79 Å². The molecule has 0 spiro atoms. The van der Waals surface area contributed by atoms with Crippen LogP contribution in [0.3, 0.4) is 0 Å². The van der Waals surface area contributed by atoms with Gasteiger partial charge in [0.25, 0.3) is 0 Å². The molecular weight excluding hydrogens is 322 g/mol. The largest absolute Gasteiger partial charge is 0.463 e. The maximum atomic E-state index is 12.6. The Morgan fingerprint density at radius 3 is 2.62 bits per heavy atom. The molecule has 24 heavy (non-hydrogen) atoms. The molecule has 0 bridgehead atoms. The number of hydrogen-bond donors (Lipinski definition) is 2. The molecule has 2 N–H and O–H groups in total. The number of hydrogen-bond acceptors (Lipinski definition) is 4. The fourth-order valence-corrected chi connectivity index (χ4v) is 2.81. The van der Waals surface area contributed by atoms with E-state index in [1.54, 1.807) is 13.1 Å². The zero-order valence-electron chi connectivity index (χ0n) is 13.2. The van der Waals surface area contributed by atoms with Crippen molar-refractivity contribution >= 4 is 29.0 Å². The predicted octanol–water partition coefficient (Wildman–Crippen LogP) is 2.57. The highest BCUT2D eigenvalue weighted by atomic mass is 32.1. The highest BCUT2D eigenvalue weighted by Crippen LogP contribution is 2.30. The molecule has 1 aliphatic heterocycles. The Morgan fingerprint density at radius 1 is 1.21 bits per heavy atom. The lowest BCUT2D eigenvalue weighted by atomic mass is 9.95. The summed E-state index contributed by atoms with van der Waals surface area (Å²) in [4.78, 5) is 17.0. The third-order valence-electron chi connectivity index (χ3n) is 3.61. The topological polar surface area (TPSA) is 63.2 Å². The lowest BCUT2D eigenvalue weighted by molar-refractivity contribution is -0.138. The molecular formula is C18H17N3O2S. The third kappa shape index (κ3) is 3.28. The van der Waals surface area contributed by atoms with Crippen molar-refractivity contribution in [2.75, 3.05) is 6.61 Å². The number of nitrogens with zero attached hydrogens (tertiary/aromatic N) is 1. The summed E-state index contributed by atoms with van der Waals surface area (Å²) in [6, 6.07) is 14.7. The van der Waals surface area contributed by atoms with E-state index in [2.05, 4.69) is 15.6 Å². The monoisotopic (exact) mass is 339 g/mol. The van der Waals surface area contributed by atoms with Crippen LogP contribution in [0.5, 0.6) is 0 Å². The number of esters is 1. The van der Waals surface area contributed by atoms with Gasteiger partial charge in [-0.05, 0) is 36.8 Å². The van der Waals surface area contributed by atoms with Gasteiger partial charge < -0.3 is 15.4 Å². The fraction of sp³-hybridized carbons (Fsp3) is 0.167. The van der Waals surface area contributed by atoms with Crippen LogP contribution in [0, 0.1) is 0 Å². The van der Waals surface area contributed by atoms with Crippen LogP contribution in [0.4, 0.5) is 0 Å². The van der Waals surface area contributed by atoms with Crippen molar-refractivity contribution in [2.45, 2.75) is 13.0 Å². The van der Waals surface area contributed by atoms with Gasteiger partial charge in [-0.1, -0.05) is 36.4 Å². The van der Waals surface area contributed by atoms with Crippen LogP contribution in [-0.4, -0.2) is 22.7 Å². The summed E-state index contributed by atoms with van der Waals surface area (Å²) in [7, 11) is 0. The molecule has 0 radical (unpaired) electrons. The van der Waals surface area contributed by atoms with E-state index >= 15 is 0 Å². The summed E-state index contributed by atoms with van der Waals surface area (Å²) in [5, 5.41) is 6.66. The molecule has 1 atom stereocenters. The second-order valence-electron chi connectivity index (χ2n) is 5.16. The van der Waals surface area contributed by atoms with Crippen molar-refractivity contribution in [3.63, 3.8) is 0 Å². The summed E-state index contributed by atoms with van der Waals surface area (Å²) < 4.78 is 5.27. The van der Waals surface area contributed by atoms with Crippen molar-refractivity contribution in [3.05, 3.63) is 71.6 Å². The Labute approximate surface area is 145 Å². The average Bonchev–Trinajstić information content (AvgIpc) is 2.62. The predicted molar refractivity (Wildman–Crippen MR) is 95.8 cm³/mol. The Kier molecular flexibility index (Phi) is 4.86. The molecule has 2 aromatic rings. The molecule has 1 unspecified atom stereocenters. The van der Waals surface area contributed by atoms with Crippen molar-refractivity contribution < 1.29 is 9.53 Å². The van der Waals surface area contributed by atoms with Crippen molar-refractivity contribution in [1.82, 2.24) is 15.6 Å². The summed E-state index contributed by atoms with van der Waals surface area (Å²) in [6.45, 7) is 2.08. The third-order valence-corrected chi connectivity index (χ3v) is 3.83. The molecule has 1 aromatic carbocycles. The van der Waals surface area contributed by atoms with E-state index in [1.807, 2.05) is 48.5 Å². The molecule has 1 aromatic heterocycles. The van der Waals surface area contributed by atoms with Crippen LogP contribution >= 0.6 is 12.2 Å². The van der Waals surface area contributed by atoms with E-state index in [-0.39, 0.29) is 0 Å². The summed E-state index contributed by atoms with van der Waals surface area (Å²) in [5.41, 5.74) is 2.69. The number of pyridine rings is 1. The number of ether oxygens (including phenoxy) is 1. The van der Waals surface area contributed by atoms with Gasteiger partial charge in [0.15, 0.2) is 5.11 Å². The molecule has 0 aliphatic carbocycles. The Bertz CT molecular complexity index is 775. The standard InChI is InChI=1S/C18H17N3O2S/c1-2-23-17(22)14-15(12-8-4-3-5-9-12)20-18(24)21-16(14)13-10-6-7-11-19-13/h3-11,16H,2H2,1H3,(H2,20,21,24). The molecule has 0 amide bonds. The summed E-state index contributed by atoms with van der Waals surface area (Å²) >= 11 is 5.33. The van der Waals surface area contributed by atoms with Crippen LogP contribution in [0.1, 0.15) is 24.2 Å². The summed E-state index contributed by atoms with van der Waals surface area (Å²) in [6.07, 6.45) is 1.69. The van der Waals surface area contributed by atoms with E-state index in [1.165, 1.54) is 0 Å². The van der Waals surface area contributed by atoms with Crippen LogP contribution in [0.15, 0.2) is 60.3 Å². The number of rotatable bonds is 4. The molecule has 6 heteroatoms. The maximum Gasteiger partial charge on any atom is 0.338 e. The van der Waals surface area contributed by atoms with E-state index in [9.17, 15) is 4.79 Å². The molecule has 122 valence electrons. The molecule has 5 nitrogen and oxygen atoms in total. The van der Waals surface area contributed by atoms with Crippen molar-refractivity contribution in [2.24, 2.45) is 0 Å². The second-order valence-corrected chi connectivity index (χ2v) is 5.57. The Balaban J connectivity index is 2.16. The van der Waals surface area contributed by atoms with Crippen LogP contribution in [-0.2, 0) is 9.53 Å². The molecule has 0 saturated carbocycles. The van der Waals surface area contributed by atoms with Gasteiger partial charge in [0.2, 0.25) is 0 Å². The van der Waals surface area contributed by atoms with Gasteiger partial charge in [-0.3, -0.25) is 4.98 Å². The van der Waals surface area contributed by atoms with Crippen LogP contribution in [0.2, 0.25) is 0 Å². The van der Waals surface area contributed by atoms with Crippen molar-refractivity contribution in [3.8, 4) is 0 Å². The molecule has 3 rings (SSSR count). The van der Waals surface area contributed by atoms with E-state index in [0.717, 1.165) is 5.56 Å². The quantitative estimate of drug-likeness (QED) is 0.659. The Morgan fingerprint density at radius 2 is 1.96 bits per heavy atom. The molecule has 2 heterocycles. The highest BCUT2D eigenvalue weighted by Gasteiger charge is 2.33. The average molecular weight is 339 g/mol. The van der Waals surface area contributed by atoms with E-state index in [0.29, 0.717) is 28.7 Å². The molecule has 1 aliphatic rings. The number of carbonyl (C=O) groups excluding carboxylic acids is 1. The van der Waals surface area contributed by atoms with Gasteiger partial charge >= 0.3 is 5.97 Å². The number of thiocarbonyl (C=S) groups is 1. The minimum Gasteiger partial charge on any atom is -0.463 e. The number of benzene rings is 1. The highest BCUT2D eigenvalue weighted by molar-refractivity contribution is 7.80. The first-order valence-corrected chi connectivity index (χ1v) is 8.06. The number of aromatic nitrogens is 1. The van der Waals surface area contributed by atoms with Crippen molar-refractivity contribution in [1.29, 1.82) is 0 Å². The lowest BCUT2D eigenvalue weighted by Gasteiger charge is -2.30. The summed E-state index contributed by atoms with van der Waals surface area (Å²) in [5.74, 6) is -0.394. The lowest BCUT2D eigenvalue weighted by Crippen LogP contribution is -2.45. The smallest absolute Gasteiger partial charge is 0.338 e. The normalized spacial score (nSPS) is 17.0. The SMILES string of the molecule is CCOC(=O)C1=C(c2ccccc2)NC(=S)NC1c1ccccn1. The van der Waals surface area contributed by atoms with Crippen LogP contribution in [0.25, 0.3) is 5.70 Å². The first-order chi connectivity index (χ1) is 11.7. The maximum absolute atomic E-state index is 12.6. The second kappa shape index (κ2) is 7.23. The minimum absolute atomic E-state index is 0.295. The first-order valence-electron chi connectivity index (χ1n) is 7.66. The van der Waals surface area contributed by atoms with Gasteiger partial charge in [0, 0.05) is 6.20 Å². The van der Waals surface area contributed by atoms with Crippen LogP contribution < -0.4 is 10.6 Å². The number of nitrogens with one attached hydrogen (secondary N) is 2. The minimum atomic E-state index is -0.464. The first kappa shape index (κ1) is 16.1.